The molecule has 0 saturated carbocycles. The Bertz CT molecular complexity index is 985. The van der Waals surface area contributed by atoms with E-state index in [1.165, 1.54) is 10.9 Å². The second-order valence-electron chi connectivity index (χ2n) is 7.49. The average Bonchev–Trinajstić information content (AvgIpc) is 3.14. The molecule has 8 nitrogen and oxygen atoms in total. The molecule has 2 heterocycles. The van der Waals surface area contributed by atoms with E-state index in [1.54, 1.807) is 18.3 Å². The summed E-state index contributed by atoms with van der Waals surface area (Å²) in [7, 11) is 0. The molecule has 0 aliphatic heterocycles. The summed E-state index contributed by atoms with van der Waals surface area (Å²) in [6, 6.07) is 5.35. The van der Waals surface area contributed by atoms with Gasteiger partial charge in [-0.2, -0.15) is 10.2 Å². The molecule has 3 aromatic rings. The number of fused-ring (bicyclic) bond motifs is 1. The van der Waals surface area contributed by atoms with Crippen LogP contribution in [0.3, 0.4) is 0 Å². The summed E-state index contributed by atoms with van der Waals surface area (Å²) >= 11 is 6.09. The second kappa shape index (κ2) is 7.40. The molecule has 2 amide bonds. The van der Waals surface area contributed by atoms with Crippen LogP contribution in [0, 0.1) is 5.41 Å². The number of nitrogens with one attached hydrogen (secondary N) is 3. The van der Waals surface area contributed by atoms with E-state index < -0.39 is 0 Å². The number of aromatic amines is 1. The summed E-state index contributed by atoms with van der Waals surface area (Å²) in [5.74, 6) is 0.0220. The highest BCUT2D eigenvalue weighted by Gasteiger charge is 2.17. The van der Waals surface area contributed by atoms with Crippen molar-refractivity contribution in [1.82, 2.24) is 20.0 Å². The number of aromatic nitrogens is 4. The first kappa shape index (κ1) is 18.9. The van der Waals surface area contributed by atoms with E-state index >= 15 is 0 Å². The van der Waals surface area contributed by atoms with E-state index in [2.05, 4.69) is 25.9 Å². The molecule has 0 spiro atoms. The number of nitrogens with zero attached hydrogens (tertiary/aromatic N) is 3. The van der Waals surface area contributed by atoms with Crippen LogP contribution in [0.2, 0.25) is 5.02 Å². The number of benzene rings is 1. The quantitative estimate of drug-likeness (QED) is 0.622. The van der Waals surface area contributed by atoms with Crippen LogP contribution in [0.25, 0.3) is 10.9 Å². The largest absolute Gasteiger partial charge is 0.323 e. The van der Waals surface area contributed by atoms with Crippen molar-refractivity contribution in [3.05, 3.63) is 35.6 Å². The third-order valence-electron chi connectivity index (χ3n) is 3.72. The van der Waals surface area contributed by atoms with Gasteiger partial charge in [-0.15, -0.1) is 0 Å². The minimum atomic E-state index is -0.293. The molecule has 0 atom stereocenters. The zero-order valence-corrected chi connectivity index (χ0v) is 16.1. The normalized spacial score (nSPS) is 11.6. The molecule has 0 radical (unpaired) electrons. The van der Waals surface area contributed by atoms with E-state index in [4.69, 9.17) is 11.6 Å². The maximum absolute atomic E-state index is 12.3. The highest BCUT2D eigenvalue weighted by atomic mass is 35.5. The molecule has 9 heteroatoms. The van der Waals surface area contributed by atoms with Gasteiger partial charge in [-0.25, -0.2) is 0 Å². The molecule has 0 aliphatic rings. The molecular weight excluding hydrogens is 368 g/mol. The number of carbonyl (C=O) groups is 2. The number of para-hydroxylation sites is 1. The van der Waals surface area contributed by atoms with Crippen molar-refractivity contribution in [2.45, 2.75) is 33.7 Å². The van der Waals surface area contributed by atoms with Crippen LogP contribution >= 0.6 is 11.6 Å². The van der Waals surface area contributed by atoms with Gasteiger partial charge in [0.05, 0.1) is 22.4 Å². The Morgan fingerprint density at radius 1 is 1.22 bits per heavy atom. The number of H-pyrrole nitrogens is 1. The fourth-order valence-corrected chi connectivity index (χ4v) is 2.84. The van der Waals surface area contributed by atoms with Gasteiger partial charge in [-0.05, 0) is 17.5 Å². The number of amides is 2. The van der Waals surface area contributed by atoms with E-state index in [-0.39, 0.29) is 23.8 Å². The van der Waals surface area contributed by atoms with E-state index in [9.17, 15) is 9.59 Å². The van der Waals surface area contributed by atoms with Crippen molar-refractivity contribution >= 4 is 45.8 Å². The Labute approximate surface area is 161 Å². The van der Waals surface area contributed by atoms with Gasteiger partial charge in [0.25, 0.3) is 0 Å². The van der Waals surface area contributed by atoms with Gasteiger partial charge in [-0.3, -0.25) is 19.4 Å². The lowest BCUT2D eigenvalue weighted by Gasteiger charge is -2.16. The maximum Gasteiger partial charge on any atom is 0.247 e. The van der Waals surface area contributed by atoms with Crippen LogP contribution in [0.4, 0.5) is 11.5 Å². The molecule has 0 bridgehead atoms. The number of halogens is 1. The Balaban J connectivity index is 1.61. The molecule has 3 N–H and O–H groups in total. The fourth-order valence-electron chi connectivity index (χ4n) is 2.62. The molecule has 3 rings (SSSR count). The molecule has 1 aromatic carbocycles. The van der Waals surface area contributed by atoms with Crippen molar-refractivity contribution < 1.29 is 9.59 Å². The highest BCUT2D eigenvalue weighted by Crippen LogP contribution is 2.26. The van der Waals surface area contributed by atoms with Gasteiger partial charge in [0.2, 0.25) is 11.8 Å². The van der Waals surface area contributed by atoms with E-state index in [0.29, 0.717) is 28.5 Å². The molecule has 0 fully saturated rings. The number of hydrogen-bond donors (Lipinski definition) is 3. The van der Waals surface area contributed by atoms with Crippen LogP contribution < -0.4 is 10.6 Å². The first-order valence-electron chi connectivity index (χ1n) is 8.46. The number of rotatable bonds is 5. The molecule has 27 heavy (non-hydrogen) atoms. The van der Waals surface area contributed by atoms with Crippen LogP contribution in [-0.4, -0.2) is 31.8 Å². The van der Waals surface area contributed by atoms with E-state index in [1.807, 2.05) is 26.8 Å². The summed E-state index contributed by atoms with van der Waals surface area (Å²) < 4.78 is 1.45. The van der Waals surface area contributed by atoms with Gasteiger partial charge in [0.1, 0.15) is 6.54 Å². The monoisotopic (exact) mass is 388 g/mol. The first-order valence-corrected chi connectivity index (χ1v) is 8.84. The summed E-state index contributed by atoms with van der Waals surface area (Å²) in [6.45, 7) is 5.97. The van der Waals surface area contributed by atoms with Gasteiger partial charge in [0, 0.05) is 18.0 Å². The summed E-state index contributed by atoms with van der Waals surface area (Å²) in [6.07, 6.45) is 3.52. The Hall–Kier alpha value is -2.87. The Morgan fingerprint density at radius 2 is 2.00 bits per heavy atom. The van der Waals surface area contributed by atoms with Crippen molar-refractivity contribution in [2.24, 2.45) is 5.41 Å². The highest BCUT2D eigenvalue weighted by molar-refractivity contribution is 6.35. The number of hydrogen-bond acceptors (Lipinski definition) is 4. The lowest BCUT2D eigenvalue weighted by Crippen LogP contribution is -2.20. The first-order chi connectivity index (χ1) is 12.7. The number of anilines is 2. The maximum atomic E-state index is 12.3. The predicted molar refractivity (Wildman–Crippen MR) is 105 cm³/mol. The van der Waals surface area contributed by atoms with Gasteiger partial charge < -0.3 is 10.6 Å². The smallest absolute Gasteiger partial charge is 0.247 e. The molecule has 0 aliphatic carbocycles. The van der Waals surface area contributed by atoms with Crippen LogP contribution in [0.5, 0.6) is 0 Å². The summed E-state index contributed by atoms with van der Waals surface area (Å²) in [5.41, 5.74) is 1.11. The van der Waals surface area contributed by atoms with Crippen molar-refractivity contribution in [2.75, 3.05) is 10.6 Å². The average molecular weight is 389 g/mol. The summed E-state index contributed by atoms with van der Waals surface area (Å²) in [4.78, 5) is 24.3. The lowest BCUT2D eigenvalue weighted by molar-refractivity contribution is -0.118. The Kier molecular flexibility index (Phi) is 5.18. The van der Waals surface area contributed by atoms with Crippen molar-refractivity contribution in [3.8, 4) is 0 Å². The zero-order chi connectivity index (χ0) is 19.6. The summed E-state index contributed by atoms with van der Waals surface area (Å²) in [5, 5.41) is 17.8. The fraction of sp³-hybridized carbons (Fsp3) is 0.333. The van der Waals surface area contributed by atoms with Crippen LogP contribution in [0.1, 0.15) is 27.2 Å². The third kappa shape index (κ3) is 4.85. The molecule has 2 aromatic heterocycles. The molecule has 0 saturated heterocycles. The van der Waals surface area contributed by atoms with Crippen LogP contribution in [0.15, 0.2) is 30.6 Å². The van der Waals surface area contributed by atoms with Gasteiger partial charge in [0.15, 0.2) is 5.82 Å². The van der Waals surface area contributed by atoms with Crippen molar-refractivity contribution in [3.63, 3.8) is 0 Å². The standard InChI is InChI=1S/C18H21ClN6O2/c1-18(2,3)7-14(26)21-11-8-20-25(9-11)10-15(27)22-17-12-5-4-6-13(19)16(12)23-24-17/h4-6,8-9H,7,10H2,1-3H3,(H,21,26)(H2,22,23,24,27). The predicted octanol–water partition coefficient (Wildman–Crippen LogP) is 3.43. The van der Waals surface area contributed by atoms with Crippen LogP contribution in [-0.2, 0) is 16.1 Å². The zero-order valence-electron chi connectivity index (χ0n) is 15.3. The van der Waals surface area contributed by atoms with Gasteiger partial charge in [-0.1, -0.05) is 38.4 Å². The molecular formula is C18H21ClN6O2. The van der Waals surface area contributed by atoms with Gasteiger partial charge >= 0.3 is 0 Å². The lowest BCUT2D eigenvalue weighted by atomic mass is 9.92. The third-order valence-corrected chi connectivity index (χ3v) is 4.03. The number of carbonyl (C=O) groups excluding carboxylic acids is 2. The SMILES string of the molecule is CC(C)(C)CC(=O)Nc1cnn(CC(=O)Nc2n[nH]c3c(Cl)cccc23)c1. The second-order valence-corrected chi connectivity index (χ2v) is 7.90. The topological polar surface area (TPSA) is 105 Å². The Morgan fingerprint density at radius 3 is 2.74 bits per heavy atom. The molecule has 0 unspecified atom stereocenters. The van der Waals surface area contributed by atoms with E-state index in [0.717, 1.165) is 5.39 Å². The minimum absolute atomic E-state index is 0.00986. The minimum Gasteiger partial charge on any atom is -0.323 e. The van der Waals surface area contributed by atoms with Crippen molar-refractivity contribution in [1.29, 1.82) is 0 Å². The molecule has 142 valence electrons.